The summed E-state index contributed by atoms with van der Waals surface area (Å²) in [6, 6.07) is 3.44. The van der Waals surface area contributed by atoms with Crippen LogP contribution in [0, 0.1) is 0 Å². The smallest absolute Gasteiger partial charge is 0.334 e. The lowest BCUT2D eigenvalue weighted by atomic mass is 10.2. The summed E-state index contributed by atoms with van der Waals surface area (Å²) in [5.74, 6) is -0.776. The van der Waals surface area contributed by atoms with Crippen LogP contribution in [0.3, 0.4) is 0 Å². The molecule has 1 aliphatic heterocycles. The second kappa shape index (κ2) is 6.03. The van der Waals surface area contributed by atoms with Crippen LogP contribution in [0.1, 0.15) is 5.76 Å². The minimum absolute atomic E-state index is 0.0559. The lowest BCUT2D eigenvalue weighted by Gasteiger charge is -2.29. The lowest BCUT2D eigenvalue weighted by molar-refractivity contribution is -0.158. The molecule has 0 bridgehead atoms. The Labute approximate surface area is 117 Å². The number of carboxylic acid groups (broad SMARTS) is 1. The van der Waals surface area contributed by atoms with Gasteiger partial charge in [-0.15, -0.1) is 0 Å². The predicted molar refractivity (Wildman–Crippen MR) is 69.4 cm³/mol. The van der Waals surface area contributed by atoms with Crippen molar-refractivity contribution in [2.24, 2.45) is 0 Å². The van der Waals surface area contributed by atoms with Crippen LogP contribution in [0.4, 0.5) is 0 Å². The van der Waals surface area contributed by atoms with Crippen molar-refractivity contribution in [3.05, 3.63) is 28.6 Å². The highest BCUT2D eigenvalue weighted by Gasteiger charge is 2.27. The number of ether oxygens (including phenoxy) is 1. The molecule has 102 valence electrons. The Hall–Kier alpha value is -1.60. The molecule has 1 atom stereocenters. The molecule has 1 aliphatic rings. The van der Waals surface area contributed by atoms with E-state index in [9.17, 15) is 9.59 Å². The molecule has 0 aromatic carbocycles. The second-order valence-corrected chi connectivity index (χ2v) is 4.74. The molecule has 1 aromatic rings. The molecule has 1 aromatic heterocycles. The van der Waals surface area contributed by atoms with Gasteiger partial charge in [-0.05, 0) is 34.1 Å². The molecule has 0 spiro atoms. The Kier molecular flexibility index (Phi) is 4.39. The largest absolute Gasteiger partial charge is 0.479 e. The summed E-state index contributed by atoms with van der Waals surface area (Å²) >= 11 is 3.16. The Bertz CT molecular complexity index is 510. The maximum atomic E-state index is 11.9. The van der Waals surface area contributed by atoms with Gasteiger partial charge in [0.2, 0.25) is 5.91 Å². The number of carboxylic acids is 1. The molecular formula is C12H12BrNO5. The molecule has 2 heterocycles. The van der Waals surface area contributed by atoms with Crippen molar-refractivity contribution in [1.82, 2.24) is 4.90 Å². The van der Waals surface area contributed by atoms with Gasteiger partial charge in [0.15, 0.2) is 10.8 Å². The van der Waals surface area contributed by atoms with Gasteiger partial charge < -0.3 is 19.2 Å². The molecule has 19 heavy (non-hydrogen) atoms. The zero-order valence-corrected chi connectivity index (χ0v) is 11.5. The number of morpholine rings is 1. The molecule has 1 unspecified atom stereocenters. The summed E-state index contributed by atoms with van der Waals surface area (Å²) in [6.45, 7) is 0.665. The molecule has 6 nitrogen and oxygen atoms in total. The number of aliphatic carboxylic acids is 1. The number of amides is 1. The van der Waals surface area contributed by atoms with Gasteiger partial charge in [-0.25, -0.2) is 4.79 Å². The van der Waals surface area contributed by atoms with Crippen LogP contribution >= 0.6 is 15.9 Å². The topological polar surface area (TPSA) is 80.0 Å². The van der Waals surface area contributed by atoms with Gasteiger partial charge in [0, 0.05) is 12.6 Å². The lowest BCUT2D eigenvalue weighted by Crippen LogP contribution is -2.48. The van der Waals surface area contributed by atoms with Gasteiger partial charge in [0.05, 0.1) is 13.2 Å². The average molecular weight is 330 g/mol. The molecule has 7 heteroatoms. The second-order valence-electron chi connectivity index (χ2n) is 3.96. The van der Waals surface area contributed by atoms with Crippen molar-refractivity contribution < 1.29 is 23.8 Å². The molecule has 1 saturated heterocycles. The van der Waals surface area contributed by atoms with Crippen molar-refractivity contribution in [1.29, 1.82) is 0 Å². The number of hydrogen-bond acceptors (Lipinski definition) is 4. The van der Waals surface area contributed by atoms with Crippen LogP contribution in [0.25, 0.3) is 6.08 Å². The number of hydrogen-bond donors (Lipinski definition) is 1. The minimum atomic E-state index is -1.06. The van der Waals surface area contributed by atoms with Crippen molar-refractivity contribution in [2.45, 2.75) is 6.10 Å². The average Bonchev–Trinajstić information content (AvgIpc) is 2.82. The zero-order valence-electron chi connectivity index (χ0n) is 9.91. The number of rotatable bonds is 3. The summed E-state index contributed by atoms with van der Waals surface area (Å²) in [6.07, 6.45) is 1.94. The summed E-state index contributed by atoms with van der Waals surface area (Å²) < 4.78 is 10.8. The molecular weight excluding hydrogens is 318 g/mol. The van der Waals surface area contributed by atoms with Gasteiger partial charge in [0.1, 0.15) is 5.76 Å². The van der Waals surface area contributed by atoms with Crippen molar-refractivity contribution in [3.8, 4) is 0 Å². The third kappa shape index (κ3) is 3.68. The summed E-state index contributed by atoms with van der Waals surface area (Å²) in [7, 11) is 0. The summed E-state index contributed by atoms with van der Waals surface area (Å²) in [4.78, 5) is 24.1. The third-order valence-corrected chi connectivity index (χ3v) is 3.06. The number of carbonyl (C=O) groups is 2. The first-order valence-corrected chi connectivity index (χ1v) is 6.42. The van der Waals surface area contributed by atoms with Gasteiger partial charge in [-0.3, -0.25) is 4.79 Å². The highest BCUT2D eigenvalue weighted by molar-refractivity contribution is 9.10. The van der Waals surface area contributed by atoms with Crippen LogP contribution < -0.4 is 0 Å². The Balaban J connectivity index is 1.96. The molecule has 1 amide bonds. The summed E-state index contributed by atoms with van der Waals surface area (Å²) in [5.41, 5.74) is 0. The molecule has 0 radical (unpaired) electrons. The van der Waals surface area contributed by atoms with Gasteiger partial charge in [-0.2, -0.15) is 0 Å². The first-order chi connectivity index (χ1) is 9.06. The van der Waals surface area contributed by atoms with E-state index in [2.05, 4.69) is 15.9 Å². The fraction of sp³-hybridized carbons (Fsp3) is 0.333. The van der Waals surface area contributed by atoms with Gasteiger partial charge in [-0.1, -0.05) is 0 Å². The maximum Gasteiger partial charge on any atom is 0.334 e. The maximum absolute atomic E-state index is 11.9. The highest BCUT2D eigenvalue weighted by Crippen LogP contribution is 2.15. The van der Waals surface area contributed by atoms with E-state index in [4.69, 9.17) is 14.3 Å². The molecule has 1 fully saturated rings. The minimum Gasteiger partial charge on any atom is -0.479 e. The number of carbonyl (C=O) groups excluding carboxylic acids is 1. The van der Waals surface area contributed by atoms with E-state index in [1.807, 2.05) is 0 Å². The van der Waals surface area contributed by atoms with Gasteiger partial charge in [0.25, 0.3) is 0 Å². The Morgan fingerprint density at radius 1 is 1.47 bits per heavy atom. The first-order valence-electron chi connectivity index (χ1n) is 5.63. The van der Waals surface area contributed by atoms with E-state index in [1.54, 1.807) is 18.2 Å². The SMILES string of the molecule is O=C(O)C1CN(C(=O)C=Cc2ccc(Br)o2)CCO1. The quantitative estimate of drug-likeness (QED) is 0.847. The van der Waals surface area contributed by atoms with Crippen LogP contribution in [-0.2, 0) is 14.3 Å². The predicted octanol–water partition coefficient (Wildman–Crippen LogP) is 1.37. The van der Waals surface area contributed by atoms with E-state index < -0.39 is 12.1 Å². The molecule has 0 saturated carbocycles. The molecule has 1 N–H and O–H groups in total. The van der Waals surface area contributed by atoms with Crippen LogP contribution in [0.5, 0.6) is 0 Å². The summed E-state index contributed by atoms with van der Waals surface area (Å²) in [5, 5.41) is 8.85. The molecule has 0 aliphatic carbocycles. The zero-order chi connectivity index (χ0) is 13.8. The number of halogens is 1. The van der Waals surface area contributed by atoms with Crippen LogP contribution in [0.2, 0.25) is 0 Å². The number of furan rings is 1. The van der Waals surface area contributed by atoms with Crippen molar-refractivity contribution in [2.75, 3.05) is 19.7 Å². The van der Waals surface area contributed by atoms with E-state index in [-0.39, 0.29) is 19.1 Å². The Morgan fingerprint density at radius 3 is 2.89 bits per heavy atom. The van der Waals surface area contributed by atoms with E-state index in [0.29, 0.717) is 17.0 Å². The highest BCUT2D eigenvalue weighted by atomic mass is 79.9. The van der Waals surface area contributed by atoms with Gasteiger partial charge >= 0.3 is 5.97 Å². The standard InChI is InChI=1S/C12H12BrNO5/c13-10-3-1-8(19-10)2-4-11(15)14-5-6-18-9(7-14)12(16)17/h1-4,9H,5-7H2,(H,16,17). The van der Waals surface area contributed by atoms with Crippen molar-refractivity contribution >= 4 is 33.9 Å². The van der Waals surface area contributed by atoms with Crippen LogP contribution in [-0.4, -0.2) is 47.7 Å². The monoisotopic (exact) mass is 329 g/mol. The van der Waals surface area contributed by atoms with Crippen LogP contribution in [0.15, 0.2) is 27.3 Å². The number of nitrogens with zero attached hydrogens (tertiary/aromatic N) is 1. The Morgan fingerprint density at radius 2 is 2.26 bits per heavy atom. The van der Waals surface area contributed by atoms with Crippen molar-refractivity contribution in [3.63, 3.8) is 0 Å². The normalized spacial score (nSPS) is 19.8. The third-order valence-electron chi connectivity index (χ3n) is 2.64. The van der Waals surface area contributed by atoms with E-state index in [0.717, 1.165) is 0 Å². The first kappa shape index (κ1) is 13.8. The molecule has 2 rings (SSSR count). The van der Waals surface area contributed by atoms with E-state index >= 15 is 0 Å². The fourth-order valence-electron chi connectivity index (χ4n) is 1.68. The fourth-order valence-corrected chi connectivity index (χ4v) is 1.99. The van der Waals surface area contributed by atoms with E-state index in [1.165, 1.54) is 11.0 Å².